The van der Waals surface area contributed by atoms with Gasteiger partial charge in [-0.05, 0) is 40.5 Å². The van der Waals surface area contributed by atoms with Crippen molar-refractivity contribution in [3.8, 4) is 6.07 Å². The smallest absolute Gasteiger partial charge is 0.263 e. The van der Waals surface area contributed by atoms with E-state index in [0.29, 0.717) is 0 Å². The number of nitrogens with zero attached hydrogens (tertiary/aromatic N) is 2. The second-order valence-electron chi connectivity index (χ2n) is 6.42. The molecule has 0 unspecified atom stereocenters. The Morgan fingerprint density at radius 1 is 1.35 bits per heavy atom. The highest BCUT2D eigenvalue weighted by Gasteiger charge is 2.21. The number of rotatable bonds is 4. The van der Waals surface area contributed by atoms with Crippen LogP contribution in [0.2, 0.25) is 0 Å². The molecule has 0 spiro atoms. The van der Waals surface area contributed by atoms with Crippen LogP contribution in [0.4, 0.5) is 0 Å². The van der Waals surface area contributed by atoms with Crippen LogP contribution in [0.25, 0.3) is 0 Å². The van der Waals surface area contributed by atoms with Crippen molar-refractivity contribution in [2.45, 2.75) is 71.4 Å². The summed E-state index contributed by atoms with van der Waals surface area (Å²) in [6.45, 7) is 9.00. The Bertz CT molecular complexity index is 395. The molecule has 1 N–H and O–H groups in total. The average molecular weight is 277 g/mol. The molecule has 0 radical (unpaired) electrons. The Hall–Kier alpha value is -1.50. The summed E-state index contributed by atoms with van der Waals surface area (Å²) in [5.74, 6) is -0.234. The average Bonchev–Trinajstić information content (AvgIpc) is 2.39. The van der Waals surface area contributed by atoms with Crippen LogP contribution >= 0.6 is 0 Å². The summed E-state index contributed by atoms with van der Waals surface area (Å²) in [5.41, 5.74) is 0.106. The van der Waals surface area contributed by atoms with Gasteiger partial charge in [-0.1, -0.05) is 19.3 Å². The summed E-state index contributed by atoms with van der Waals surface area (Å²) in [6.07, 6.45) is 7.33. The summed E-state index contributed by atoms with van der Waals surface area (Å²) >= 11 is 0. The van der Waals surface area contributed by atoms with Crippen molar-refractivity contribution in [2.24, 2.45) is 0 Å². The van der Waals surface area contributed by atoms with Crippen LogP contribution in [-0.4, -0.2) is 28.9 Å². The zero-order valence-corrected chi connectivity index (χ0v) is 13.2. The first-order valence-corrected chi connectivity index (χ1v) is 7.58. The Morgan fingerprint density at radius 3 is 2.40 bits per heavy atom. The van der Waals surface area contributed by atoms with E-state index < -0.39 is 0 Å². The van der Waals surface area contributed by atoms with Crippen LogP contribution in [0.3, 0.4) is 0 Å². The first-order chi connectivity index (χ1) is 9.38. The molecule has 0 atom stereocenters. The fourth-order valence-corrected chi connectivity index (χ4v) is 2.56. The minimum atomic E-state index is -0.234. The van der Waals surface area contributed by atoms with Gasteiger partial charge < -0.3 is 10.2 Å². The first-order valence-electron chi connectivity index (χ1n) is 7.58. The van der Waals surface area contributed by atoms with Gasteiger partial charge in [-0.25, -0.2) is 0 Å². The topological polar surface area (TPSA) is 56.1 Å². The second kappa shape index (κ2) is 7.33. The quantitative estimate of drug-likeness (QED) is 0.635. The van der Waals surface area contributed by atoms with Crippen molar-refractivity contribution in [2.75, 3.05) is 6.54 Å². The summed E-state index contributed by atoms with van der Waals surface area (Å²) in [7, 11) is 0. The van der Waals surface area contributed by atoms with E-state index in [1.54, 1.807) is 6.20 Å². The summed E-state index contributed by atoms with van der Waals surface area (Å²) in [6, 6.07) is 2.27. The van der Waals surface area contributed by atoms with Crippen LogP contribution in [0, 0.1) is 11.3 Å². The van der Waals surface area contributed by atoms with Crippen molar-refractivity contribution >= 4 is 5.91 Å². The minimum absolute atomic E-state index is 0.0953. The Labute approximate surface area is 122 Å². The van der Waals surface area contributed by atoms with Crippen LogP contribution in [0.1, 0.15) is 59.8 Å². The molecule has 20 heavy (non-hydrogen) atoms. The fourth-order valence-electron chi connectivity index (χ4n) is 2.56. The van der Waals surface area contributed by atoms with Gasteiger partial charge in [0.2, 0.25) is 0 Å². The molecule has 1 amide bonds. The molecular formula is C16H27N3O. The van der Waals surface area contributed by atoms with E-state index >= 15 is 0 Å². The lowest BCUT2D eigenvalue weighted by Crippen LogP contribution is -2.40. The molecule has 4 nitrogen and oxygen atoms in total. The van der Waals surface area contributed by atoms with Crippen LogP contribution in [-0.2, 0) is 4.79 Å². The molecule has 112 valence electrons. The number of nitriles is 1. The third kappa shape index (κ3) is 4.88. The minimum Gasteiger partial charge on any atom is -0.372 e. The van der Waals surface area contributed by atoms with Gasteiger partial charge >= 0.3 is 0 Å². The van der Waals surface area contributed by atoms with E-state index in [1.165, 1.54) is 19.3 Å². The third-order valence-corrected chi connectivity index (χ3v) is 3.79. The van der Waals surface area contributed by atoms with Crippen LogP contribution in [0.5, 0.6) is 0 Å². The van der Waals surface area contributed by atoms with E-state index in [1.807, 2.05) is 17.9 Å². The maximum Gasteiger partial charge on any atom is 0.263 e. The lowest BCUT2D eigenvalue weighted by Gasteiger charge is -2.34. The maximum atomic E-state index is 12.2. The Balaban J connectivity index is 2.73. The zero-order chi connectivity index (χ0) is 15.2. The van der Waals surface area contributed by atoms with Crippen molar-refractivity contribution in [3.05, 3.63) is 11.8 Å². The van der Waals surface area contributed by atoms with Gasteiger partial charge in [0, 0.05) is 24.3 Å². The Kier molecular flexibility index (Phi) is 6.06. The van der Waals surface area contributed by atoms with E-state index in [-0.39, 0.29) is 23.1 Å². The van der Waals surface area contributed by atoms with Crippen molar-refractivity contribution < 1.29 is 4.79 Å². The number of nitrogens with one attached hydrogen (secondary N) is 1. The molecule has 1 fully saturated rings. The predicted octanol–water partition coefficient (Wildman–Crippen LogP) is 2.96. The third-order valence-electron chi connectivity index (χ3n) is 3.79. The van der Waals surface area contributed by atoms with Gasteiger partial charge in [0.05, 0.1) is 0 Å². The number of carbonyl (C=O) groups excluding carboxylic acids is 1. The molecular weight excluding hydrogens is 250 g/mol. The lowest BCUT2D eigenvalue weighted by molar-refractivity contribution is -0.118. The highest BCUT2D eigenvalue weighted by molar-refractivity contribution is 5.97. The molecule has 0 aromatic carbocycles. The molecule has 4 heteroatoms. The molecule has 0 aromatic heterocycles. The largest absolute Gasteiger partial charge is 0.372 e. The molecule has 0 bridgehead atoms. The molecule has 1 aliphatic rings. The van der Waals surface area contributed by atoms with E-state index in [9.17, 15) is 10.1 Å². The highest BCUT2D eigenvalue weighted by atomic mass is 16.1. The lowest BCUT2D eigenvalue weighted by atomic mass is 9.95. The van der Waals surface area contributed by atoms with Gasteiger partial charge in [0.25, 0.3) is 5.91 Å². The van der Waals surface area contributed by atoms with Gasteiger partial charge in [0.15, 0.2) is 0 Å². The number of hydrogen-bond acceptors (Lipinski definition) is 3. The van der Waals surface area contributed by atoms with Gasteiger partial charge in [-0.3, -0.25) is 4.79 Å². The molecule has 1 saturated carbocycles. The van der Waals surface area contributed by atoms with Crippen LogP contribution < -0.4 is 5.32 Å². The highest BCUT2D eigenvalue weighted by Crippen LogP contribution is 2.18. The van der Waals surface area contributed by atoms with E-state index in [0.717, 1.165) is 19.4 Å². The summed E-state index contributed by atoms with van der Waals surface area (Å²) < 4.78 is 0. The van der Waals surface area contributed by atoms with E-state index in [2.05, 4.69) is 26.1 Å². The molecule has 1 aliphatic carbocycles. The molecule has 0 aromatic rings. The standard InChI is InChI=1S/C16H27N3O/c1-5-19(16(2,3)4)12-13(11-17)15(20)18-14-9-7-6-8-10-14/h12,14H,5-10H2,1-4H3,(H,18,20)/b13-12-. The monoisotopic (exact) mass is 277 g/mol. The number of carbonyl (C=O) groups is 1. The maximum absolute atomic E-state index is 12.2. The van der Waals surface area contributed by atoms with Gasteiger partial charge in [-0.15, -0.1) is 0 Å². The Morgan fingerprint density at radius 2 is 1.95 bits per heavy atom. The van der Waals surface area contributed by atoms with Crippen molar-refractivity contribution in [1.29, 1.82) is 5.26 Å². The SMILES string of the molecule is CCN(/C=C(/C#N)C(=O)NC1CCCCC1)C(C)(C)C. The summed E-state index contributed by atoms with van der Waals surface area (Å²) in [4.78, 5) is 14.2. The number of amides is 1. The normalized spacial score (nSPS) is 17.4. The van der Waals surface area contributed by atoms with Crippen LogP contribution in [0.15, 0.2) is 11.8 Å². The molecule has 0 saturated heterocycles. The molecule has 0 heterocycles. The first kappa shape index (κ1) is 16.6. The second-order valence-corrected chi connectivity index (χ2v) is 6.42. The predicted molar refractivity (Wildman–Crippen MR) is 80.8 cm³/mol. The van der Waals surface area contributed by atoms with Crippen molar-refractivity contribution in [3.63, 3.8) is 0 Å². The summed E-state index contributed by atoms with van der Waals surface area (Å²) in [5, 5.41) is 12.2. The fraction of sp³-hybridized carbons (Fsp3) is 0.750. The molecule has 0 aliphatic heterocycles. The number of hydrogen-bond donors (Lipinski definition) is 1. The zero-order valence-electron chi connectivity index (χ0n) is 13.2. The van der Waals surface area contributed by atoms with Crippen molar-refractivity contribution in [1.82, 2.24) is 10.2 Å². The molecule has 1 rings (SSSR count). The van der Waals surface area contributed by atoms with E-state index in [4.69, 9.17) is 0 Å². The van der Waals surface area contributed by atoms with Gasteiger partial charge in [-0.2, -0.15) is 5.26 Å². The van der Waals surface area contributed by atoms with Gasteiger partial charge in [0.1, 0.15) is 11.6 Å².